The molecule has 0 fully saturated rings. The maximum absolute atomic E-state index is 10.6. The molecule has 1 heterocycles. The number of carbonyl (C=O) groups is 1. The summed E-state index contributed by atoms with van der Waals surface area (Å²) >= 11 is 0. The number of aromatic hydroxyl groups is 2. The van der Waals surface area contributed by atoms with Crippen LogP contribution in [-0.4, -0.2) is 32.4 Å². The summed E-state index contributed by atoms with van der Waals surface area (Å²) in [5.41, 5.74) is 0.820. The van der Waals surface area contributed by atoms with Gasteiger partial charge in [0.05, 0.1) is 0 Å². The van der Waals surface area contributed by atoms with Crippen molar-refractivity contribution in [2.75, 3.05) is 0 Å². The van der Waals surface area contributed by atoms with Gasteiger partial charge in [0.25, 0.3) is 0 Å². The Morgan fingerprint density at radius 3 is 2.17 bits per heavy atom. The second kappa shape index (κ2) is 4.86. The second-order valence-electron chi connectivity index (χ2n) is 3.21. The smallest absolute Gasteiger partial charge is 0.490 e. The number of aromatic nitrogens is 1. The van der Waals surface area contributed by atoms with E-state index in [2.05, 4.69) is 4.98 Å². The lowest BCUT2D eigenvalue weighted by atomic mass is 10.2. The lowest BCUT2D eigenvalue weighted by Gasteiger charge is -1.95. The molecule has 0 radical (unpaired) electrons. The van der Waals surface area contributed by atoms with Crippen LogP contribution >= 0.6 is 0 Å². The maximum atomic E-state index is 10.6. The molecular weight excluding hydrogens is 255 g/mol. The van der Waals surface area contributed by atoms with E-state index in [1.54, 1.807) is 6.20 Å². The minimum absolute atomic E-state index is 0.0860. The summed E-state index contributed by atoms with van der Waals surface area (Å²) in [4.78, 5) is 11.8. The van der Waals surface area contributed by atoms with Gasteiger partial charge in [0, 0.05) is 23.2 Å². The van der Waals surface area contributed by atoms with Crippen LogP contribution in [0.5, 0.6) is 11.5 Å². The van der Waals surface area contributed by atoms with E-state index in [-0.39, 0.29) is 11.5 Å². The van der Waals surface area contributed by atoms with Gasteiger partial charge < -0.3 is 20.3 Å². The first kappa shape index (κ1) is 13.7. The number of carboxylic acid groups (broad SMARTS) is 1. The monoisotopic (exact) mass is 263 g/mol. The fourth-order valence-electron chi connectivity index (χ4n) is 1.08. The third-order valence-corrected chi connectivity index (χ3v) is 1.89. The van der Waals surface area contributed by atoms with Gasteiger partial charge in [-0.15, -0.1) is 0 Å². The quantitative estimate of drug-likeness (QED) is 0.548. The molecule has 0 spiro atoms. The van der Waals surface area contributed by atoms with Crippen LogP contribution in [0, 0.1) is 0 Å². The number of hydrogen-bond donors (Lipinski definition) is 4. The predicted molar refractivity (Wildman–Crippen MR) is 55.3 cm³/mol. The fraction of sp³-hybridized carbons (Fsp3) is 0.100. The van der Waals surface area contributed by atoms with Gasteiger partial charge in [0.2, 0.25) is 0 Å². The average molecular weight is 263 g/mol. The first-order valence-electron chi connectivity index (χ1n) is 4.51. The maximum Gasteiger partial charge on any atom is 0.490 e. The molecule has 0 aliphatic carbocycles. The van der Waals surface area contributed by atoms with Crippen molar-refractivity contribution < 1.29 is 33.3 Å². The minimum atomic E-state index is -5.08. The first-order valence-corrected chi connectivity index (χ1v) is 4.51. The number of H-pyrrole nitrogens is 1. The zero-order valence-electron chi connectivity index (χ0n) is 8.69. The summed E-state index contributed by atoms with van der Waals surface area (Å²) in [7, 11) is 0. The Balaban J connectivity index is 0.000000203. The van der Waals surface area contributed by atoms with Crippen molar-refractivity contribution in [3.8, 4) is 11.5 Å². The van der Waals surface area contributed by atoms with E-state index in [9.17, 15) is 13.2 Å². The topological polar surface area (TPSA) is 93.5 Å². The Morgan fingerprint density at radius 1 is 1.17 bits per heavy atom. The Bertz CT molecular complexity index is 526. The van der Waals surface area contributed by atoms with Crippen molar-refractivity contribution in [1.29, 1.82) is 0 Å². The summed E-state index contributed by atoms with van der Waals surface area (Å²) < 4.78 is 31.7. The van der Waals surface area contributed by atoms with Gasteiger partial charge in [0.1, 0.15) is 0 Å². The van der Waals surface area contributed by atoms with E-state index in [1.807, 2.05) is 6.07 Å². The fourth-order valence-corrected chi connectivity index (χ4v) is 1.08. The largest absolute Gasteiger partial charge is 0.504 e. The van der Waals surface area contributed by atoms with Gasteiger partial charge in [-0.05, 0) is 12.1 Å². The number of aromatic amines is 1. The van der Waals surface area contributed by atoms with Gasteiger partial charge in [-0.1, -0.05) is 0 Å². The lowest BCUT2D eigenvalue weighted by molar-refractivity contribution is -0.192. The number of halogens is 3. The molecule has 4 N–H and O–H groups in total. The Kier molecular flexibility index (Phi) is 3.70. The summed E-state index contributed by atoms with van der Waals surface area (Å²) in [6.07, 6.45) is -3.33. The Morgan fingerprint density at radius 2 is 1.67 bits per heavy atom. The molecule has 98 valence electrons. The van der Waals surface area contributed by atoms with Gasteiger partial charge >= 0.3 is 12.1 Å². The molecule has 0 amide bonds. The van der Waals surface area contributed by atoms with Crippen LogP contribution in [0.4, 0.5) is 13.2 Å². The van der Waals surface area contributed by atoms with Crippen molar-refractivity contribution in [2.45, 2.75) is 6.18 Å². The number of phenols is 2. The minimum Gasteiger partial charge on any atom is -0.504 e. The highest BCUT2D eigenvalue weighted by Gasteiger charge is 2.38. The number of carboxylic acids is 1. The molecule has 18 heavy (non-hydrogen) atoms. The van der Waals surface area contributed by atoms with Crippen molar-refractivity contribution in [2.24, 2.45) is 0 Å². The van der Waals surface area contributed by atoms with Crippen LogP contribution in [0.1, 0.15) is 0 Å². The van der Waals surface area contributed by atoms with E-state index >= 15 is 0 Å². The number of benzene rings is 1. The molecule has 2 aromatic rings. The number of nitrogens with one attached hydrogen (secondary N) is 1. The molecule has 2 rings (SSSR count). The van der Waals surface area contributed by atoms with Gasteiger partial charge in [-0.2, -0.15) is 13.2 Å². The molecule has 5 nitrogen and oxygen atoms in total. The zero-order valence-corrected chi connectivity index (χ0v) is 8.69. The van der Waals surface area contributed by atoms with Crippen LogP contribution in [0.25, 0.3) is 10.9 Å². The number of alkyl halides is 3. The lowest BCUT2D eigenvalue weighted by Crippen LogP contribution is -2.21. The second-order valence-corrected chi connectivity index (χ2v) is 3.21. The molecule has 8 heteroatoms. The van der Waals surface area contributed by atoms with E-state index in [0.29, 0.717) is 0 Å². The van der Waals surface area contributed by atoms with Gasteiger partial charge in [0.15, 0.2) is 11.5 Å². The first-order chi connectivity index (χ1) is 8.21. The van der Waals surface area contributed by atoms with Gasteiger partial charge in [-0.3, -0.25) is 0 Å². The summed E-state index contributed by atoms with van der Waals surface area (Å²) in [5, 5.41) is 26.2. The molecule has 1 aromatic carbocycles. The average Bonchev–Trinajstić information content (AvgIpc) is 2.65. The number of rotatable bonds is 0. The van der Waals surface area contributed by atoms with Crippen LogP contribution in [-0.2, 0) is 4.79 Å². The highest BCUT2D eigenvalue weighted by atomic mass is 19.4. The molecule has 0 aliphatic rings. The van der Waals surface area contributed by atoms with E-state index < -0.39 is 12.1 Å². The summed E-state index contributed by atoms with van der Waals surface area (Å²) in [6, 6.07) is 4.83. The summed E-state index contributed by atoms with van der Waals surface area (Å²) in [5.74, 6) is -2.94. The van der Waals surface area contributed by atoms with E-state index in [4.69, 9.17) is 20.1 Å². The van der Waals surface area contributed by atoms with Crippen LogP contribution in [0.15, 0.2) is 24.4 Å². The SMILES string of the molecule is O=C(O)C(F)(F)F.Oc1cc2cc[nH]c2cc1O. The molecule has 0 unspecified atom stereocenters. The van der Waals surface area contributed by atoms with Crippen molar-refractivity contribution in [1.82, 2.24) is 4.98 Å². The summed E-state index contributed by atoms with van der Waals surface area (Å²) in [6.45, 7) is 0. The van der Waals surface area contributed by atoms with Crippen molar-refractivity contribution >= 4 is 16.9 Å². The highest BCUT2D eigenvalue weighted by molar-refractivity contribution is 5.82. The predicted octanol–water partition coefficient (Wildman–Crippen LogP) is 2.21. The van der Waals surface area contributed by atoms with Crippen LogP contribution < -0.4 is 0 Å². The van der Waals surface area contributed by atoms with E-state index in [0.717, 1.165) is 10.9 Å². The van der Waals surface area contributed by atoms with Crippen molar-refractivity contribution in [3.05, 3.63) is 24.4 Å². The molecule has 1 aromatic heterocycles. The number of fused-ring (bicyclic) bond motifs is 1. The van der Waals surface area contributed by atoms with Crippen LogP contribution in [0.2, 0.25) is 0 Å². The van der Waals surface area contributed by atoms with Crippen molar-refractivity contribution in [3.63, 3.8) is 0 Å². The normalized spacial score (nSPS) is 10.8. The molecule has 0 atom stereocenters. The molecule has 0 bridgehead atoms. The molecule has 0 saturated heterocycles. The highest BCUT2D eigenvalue weighted by Crippen LogP contribution is 2.28. The number of phenolic OH excluding ortho intramolecular Hbond substituents is 2. The number of aliphatic carboxylic acids is 1. The third kappa shape index (κ3) is 3.30. The molecule has 0 saturated carbocycles. The van der Waals surface area contributed by atoms with E-state index in [1.165, 1.54) is 12.1 Å². The Labute approximate surface area is 98.1 Å². The zero-order chi connectivity index (χ0) is 13.9. The third-order valence-electron chi connectivity index (χ3n) is 1.89. The van der Waals surface area contributed by atoms with Gasteiger partial charge in [-0.25, -0.2) is 4.79 Å². The molecule has 0 aliphatic heterocycles. The standard InChI is InChI=1S/C8H7NO2.C2HF3O2/c10-7-3-5-1-2-9-6(5)4-8(7)11;3-2(4,5)1(6)7/h1-4,9-11H;(H,6,7). The number of hydrogen-bond acceptors (Lipinski definition) is 3. The van der Waals surface area contributed by atoms with Crippen LogP contribution in [0.3, 0.4) is 0 Å². The molecular formula is C10H8F3NO4. The Hall–Kier alpha value is -2.38.